The number of hydrogen-bond acceptors (Lipinski definition) is 3. The van der Waals surface area contributed by atoms with E-state index in [0.717, 1.165) is 16.2 Å². The van der Waals surface area contributed by atoms with Crippen LogP contribution in [0.15, 0.2) is 82.0 Å². The largest absolute Gasteiger partial charge is 0.421 e. The van der Waals surface area contributed by atoms with Crippen molar-refractivity contribution in [3.05, 3.63) is 88.8 Å². The zero-order valence-corrected chi connectivity index (χ0v) is 12.7. The molecule has 0 spiro atoms. The molecule has 0 aliphatic rings. The van der Waals surface area contributed by atoms with Gasteiger partial charge in [-0.25, -0.2) is 4.79 Å². The maximum Gasteiger partial charge on any atom is 0.360 e. The van der Waals surface area contributed by atoms with E-state index in [1.165, 1.54) is 0 Å². The number of hydrogen-bond donors (Lipinski definition) is 1. The van der Waals surface area contributed by atoms with Crippen molar-refractivity contribution in [2.45, 2.75) is 0 Å². The molecule has 3 aromatic carbocycles. The Kier molecular flexibility index (Phi) is 3.35. The van der Waals surface area contributed by atoms with Crippen LogP contribution in [-0.4, -0.2) is 5.91 Å². The van der Waals surface area contributed by atoms with E-state index < -0.39 is 5.63 Å². The average molecular weight is 315 g/mol. The lowest BCUT2D eigenvalue weighted by atomic mass is 10.1. The van der Waals surface area contributed by atoms with Crippen molar-refractivity contribution in [3.8, 4) is 0 Å². The smallest absolute Gasteiger partial charge is 0.360 e. The van der Waals surface area contributed by atoms with Gasteiger partial charge in [-0.05, 0) is 23.6 Å². The highest BCUT2D eigenvalue weighted by molar-refractivity contribution is 6.07. The van der Waals surface area contributed by atoms with Crippen LogP contribution in [0.4, 0.5) is 5.69 Å². The van der Waals surface area contributed by atoms with Crippen molar-refractivity contribution in [1.29, 1.82) is 0 Å². The fourth-order valence-electron chi connectivity index (χ4n) is 2.72. The Morgan fingerprint density at radius 3 is 2.38 bits per heavy atom. The normalized spacial score (nSPS) is 10.8. The zero-order chi connectivity index (χ0) is 16.5. The van der Waals surface area contributed by atoms with Crippen LogP contribution >= 0.6 is 0 Å². The van der Waals surface area contributed by atoms with E-state index in [2.05, 4.69) is 5.32 Å². The second-order valence-corrected chi connectivity index (χ2v) is 5.47. The van der Waals surface area contributed by atoms with Gasteiger partial charge in [0, 0.05) is 16.3 Å². The third-order valence-corrected chi connectivity index (χ3v) is 3.91. The number of amides is 1. The molecule has 4 aromatic rings. The van der Waals surface area contributed by atoms with Gasteiger partial charge in [0.1, 0.15) is 11.3 Å². The van der Waals surface area contributed by atoms with Gasteiger partial charge < -0.3 is 9.73 Å². The summed E-state index contributed by atoms with van der Waals surface area (Å²) in [6.07, 6.45) is 0. The van der Waals surface area contributed by atoms with Gasteiger partial charge in [0.15, 0.2) is 0 Å². The molecule has 1 N–H and O–H groups in total. The third-order valence-electron chi connectivity index (χ3n) is 3.91. The molecule has 1 amide bonds. The van der Waals surface area contributed by atoms with Crippen LogP contribution < -0.4 is 10.9 Å². The van der Waals surface area contributed by atoms with E-state index in [-0.39, 0.29) is 11.6 Å². The Bertz CT molecular complexity index is 1110. The number of benzene rings is 3. The number of anilines is 1. The summed E-state index contributed by atoms with van der Waals surface area (Å²) in [6.45, 7) is 0. The zero-order valence-electron chi connectivity index (χ0n) is 12.7. The summed E-state index contributed by atoms with van der Waals surface area (Å²) in [5.74, 6) is -0.344. The van der Waals surface area contributed by atoms with Gasteiger partial charge in [0.2, 0.25) is 0 Å². The van der Waals surface area contributed by atoms with Crippen molar-refractivity contribution in [2.75, 3.05) is 5.32 Å². The minimum atomic E-state index is -0.567. The summed E-state index contributed by atoms with van der Waals surface area (Å²) in [5, 5.41) is 5.25. The molecule has 0 unspecified atom stereocenters. The fourth-order valence-corrected chi connectivity index (χ4v) is 2.72. The Hall–Kier alpha value is -3.40. The van der Waals surface area contributed by atoms with E-state index in [4.69, 9.17) is 4.42 Å². The predicted molar refractivity (Wildman–Crippen MR) is 94.4 cm³/mol. The lowest BCUT2D eigenvalue weighted by Crippen LogP contribution is -2.17. The first-order chi connectivity index (χ1) is 11.7. The van der Waals surface area contributed by atoms with E-state index >= 15 is 0 Å². The van der Waals surface area contributed by atoms with Gasteiger partial charge in [0.05, 0.1) is 0 Å². The van der Waals surface area contributed by atoms with Crippen molar-refractivity contribution >= 4 is 33.3 Å². The summed E-state index contributed by atoms with van der Waals surface area (Å²) >= 11 is 0. The van der Waals surface area contributed by atoms with E-state index in [0.29, 0.717) is 11.1 Å². The molecular weight excluding hydrogens is 302 g/mol. The Morgan fingerprint density at radius 2 is 1.54 bits per heavy atom. The van der Waals surface area contributed by atoms with Gasteiger partial charge in [-0.3, -0.25) is 4.79 Å². The molecule has 1 aromatic heterocycles. The van der Waals surface area contributed by atoms with Gasteiger partial charge >= 0.3 is 5.63 Å². The molecule has 116 valence electrons. The summed E-state index contributed by atoms with van der Waals surface area (Å²) in [4.78, 5) is 24.5. The van der Waals surface area contributed by atoms with Crippen molar-refractivity contribution in [1.82, 2.24) is 0 Å². The van der Waals surface area contributed by atoms with Crippen LogP contribution in [0.3, 0.4) is 0 Å². The van der Waals surface area contributed by atoms with Crippen molar-refractivity contribution in [3.63, 3.8) is 0 Å². The standard InChI is InChI=1S/C20H13NO3/c22-19(14-7-2-1-3-8-14)21-17-12-15-11-10-13-6-4-5-9-16(13)18(15)24-20(17)23/h1-12H,(H,21,22). The van der Waals surface area contributed by atoms with Gasteiger partial charge in [-0.1, -0.05) is 54.6 Å². The third kappa shape index (κ3) is 2.44. The quantitative estimate of drug-likeness (QED) is 0.445. The lowest BCUT2D eigenvalue weighted by molar-refractivity contribution is 0.102. The number of carbonyl (C=O) groups is 1. The SMILES string of the molecule is O=C(Nc1cc2ccc3ccccc3c2oc1=O)c1ccccc1. The summed E-state index contributed by atoms with van der Waals surface area (Å²) < 4.78 is 5.47. The first kappa shape index (κ1) is 14.2. The Balaban J connectivity index is 1.80. The molecule has 0 saturated carbocycles. The van der Waals surface area contributed by atoms with Crippen molar-refractivity contribution < 1.29 is 9.21 Å². The number of carbonyl (C=O) groups excluding carboxylic acids is 1. The summed E-state index contributed by atoms with van der Waals surface area (Å²) in [5.41, 5.74) is 0.570. The second kappa shape index (κ2) is 5.66. The maximum atomic E-state index is 12.3. The van der Waals surface area contributed by atoms with Crippen LogP contribution in [-0.2, 0) is 0 Å². The summed E-state index contributed by atoms with van der Waals surface area (Å²) in [7, 11) is 0. The highest BCUT2D eigenvalue weighted by atomic mass is 16.4. The maximum absolute atomic E-state index is 12.3. The Morgan fingerprint density at radius 1 is 0.833 bits per heavy atom. The molecule has 0 aliphatic carbocycles. The van der Waals surface area contributed by atoms with Crippen LogP contribution in [0.1, 0.15) is 10.4 Å². The van der Waals surface area contributed by atoms with Gasteiger partial charge in [-0.15, -0.1) is 0 Å². The van der Waals surface area contributed by atoms with E-state index in [1.807, 2.05) is 42.5 Å². The molecule has 0 radical (unpaired) electrons. The number of fused-ring (bicyclic) bond motifs is 3. The first-order valence-electron chi connectivity index (χ1n) is 7.54. The molecule has 4 heteroatoms. The fraction of sp³-hybridized carbons (Fsp3) is 0. The van der Waals surface area contributed by atoms with Gasteiger partial charge in [0.25, 0.3) is 5.91 Å². The minimum Gasteiger partial charge on any atom is -0.421 e. The molecule has 0 bridgehead atoms. The van der Waals surface area contributed by atoms with Crippen LogP contribution in [0.25, 0.3) is 21.7 Å². The highest BCUT2D eigenvalue weighted by Gasteiger charge is 2.12. The van der Waals surface area contributed by atoms with Crippen LogP contribution in [0.5, 0.6) is 0 Å². The molecule has 4 nitrogen and oxygen atoms in total. The number of nitrogens with one attached hydrogen (secondary N) is 1. The highest BCUT2D eigenvalue weighted by Crippen LogP contribution is 2.25. The predicted octanol–water partition coefficient (Wildman–Crippen LogP) is 4.20. The summed E-state index contributed by atoms with van der Waals surface area (Å²) in [6, 6.07) is 21.9. The van der Waals surface area contributed by atoms with Gasteiger partial charge in [-0.2, -0.15) is 0 Å². The molecule has 0 aliphatic heterocycles. The number of rotatable bonds is 2. The average Bonchev–Trinajstić information content (AvgIpc) is 2.63. The lowest BCUT2D eigenvalue weighted by Gasteiger charge is -2.07. The van der Waals surface area contributed by atoms with E-state index in [9.17, 15) is 9.59 Å². The van der Waals surface area contributed by atoms with Crippen LogP contribution in [0, 0.1) is 0 Å². The molecule has 1 heterocycles. The van der Waals surface area contributed by atoms with Crippen LogP contribution in [0.2, 0.25) is 0 Å². The molecular formula is C20H13NO3. The monoisotopic (exact) mass is 315 g/mol. The first-order valence-corrected chi connectivity index (χ1v) is 7.54. The minimum absolute atomic E-state index is 0.131. The molecule has 0 fully saturated rings. The Labute approximate surface area is 137 Å². The topological polar surface area (TPSA) is 59.3 Å². The van der Waals surface area contributed by atoms with E-state index in [1.54, 1.807) is 30.3 Å². The molecule has 0 atom stereocenters. The molecule has 0 saturated heterocycles. The molecule has 24 heavy (non-hydrogen) atoms. The van der Waals surface area contributed by atoms with Crippen molar-refractivity contribution in [2.24, 2.45) is 0 Å². The molecule has 4 rings (SSSR count). The second-order valence-electron chi connectivity index (χ2n) is 5.47.